The summed E-state index contributed by atoms with van der Waals surface area (Å²) < 4.78 is 4.84. The van der Waals surface area contributed by atoms with E-state index in [4.69, 9.17) is 10.5 Å². The van der Waals surface area contributed by atoms with Crippen LogP contribution < -0.4 is 5.73 Å². The van der Waals surface area contributed by atoms with Gasteiger partial charge in [0.1, 0.15) is 0 Å². The molecule has 4 atom stereocenters. The number of carbonyl (C=O) groups is 1. The Labute approximate surface area is 90.7 Å². The molecule has 0 aromatic rings. The van der Waals surface area contributed by atoms with E-state index in [-0.39, 0.29) is 17.9 Å². The van der Waals surface area contributed by atoms with Gasteiger partial charge in [-0.3, -0.25) is 4.79 Å². The van der Waals surface area contributed by atoms with Gasteiger partial charge >= 0.3 is 5.97 Å². The molecule has 2 bridgehead atoms. The SMILES string of the molecule is COC(=O)[C@H]1[C@H](N)[C@@H]2CC[C@H]1C2=C(C)C. The van der Waals surface area contributed by atoms with Crippen molar-refractivity contribution in [1.82, 2.24) is 0 Å². The number of methoxy groups -OCH3 is 1. The second-order valence-corrected chi connectivity index (χ2v) is 4.87. The Hall–Kier alpha value is -0.830. The third kappa shape index (κ3) is 1.41. The minimum Gasteiger partial charge on any atom is -0.469 e. The Balaban J connectivity index is 2.33. The van der Waals surface area contributed by atoms with Gasteiger partial charge in [0.2, 0.25) is 0 Å². The Kier molecular flexibility index (Phi) is 2.59. The molecule has 0 saturated heterocycles. The molecule has 0 amide bonds. The first-order valence-corrected chi connectivity index (χ1v) is 5.58. The number of hydrogen-bond donors (Lipinski definition) is 1. The van der Waals surface area contributed by atoms with E-state index in [0.717, 1.165) is 12.8 Å². The van der Waals surface area contributed by atoms with Gasteiger partial charge in [0.15, 0.2) is 0 Å². The predicted octanol–water partition coefficient (Wildman–Crippen LogP) is 1.48. The first-order chi connectivity index (χ1) is 7.07. The average molecular weight is 209 g/mol. The summed E-state index contributed by atoms with van der Waals surface area (Å²) in [5, 5.41) is 0. The van der Waals surface area contributed by atoms with Crippen LogP contribution in [-0.2, 0) is 9.53 Å². The van der Waals surface area contributed by atoms with Gasteiger partial charge < -0.3 is 10.5 Å². The molecule has 0 heterocycles. The first kappa shape index (κ1) is 10.7. The van der Waals surface area contributed by atoms with Crippen LogP contribution >= 0.6 is 0 Å². The Morgan fingerprint density at radius 2 is 1.93 bits per heavy atom. The van der Waals surface area contributed by atoms with Crippen LogP contribution in [0.3, 0.4) is 0 Å². The summed E-state index contributed by atoms with van der Waals surface area (Å²) in [5.74, 6) is 0.540. The molecule has 0 aromatic heterocycles. The quantitative estimate of drug-likeness (QED) is 0.525. The van der Waals surface area contributed by atoms with Crippen LogP contribution in [0.1, 0.15) is 26.7 Å². The van der Waals surface area contributed by atoms with Gasteiger partial charge in [0.25, 0.3) is 0 Å². The van der Waals surface area contributed by atoms with Gasteiger partial charge in [-0.1, -0.05) is 11.1 Å². The van der Waals surface area contributed by atoms with Crippen LogP contribution in [0.4, 0.5) is 0 Å². The lowest BCUT2D eigenvalue weighted by molar-refractivity contribution is -0.147. The van der Waals surface area contributed by atoms with Crippen LogP contribution in [-0.4, -0.2) is 19.1 Å². The number of esters is 1. The maximum absolute atomic E-state index is 11.7. The van der Waals surface area contributed by atoms with Gasteiger partial charge in [-0.2, -0.15) is 0 Å². The number of carbonyl (C=O) groups excluding carboxylic acids is 1. The van der Waals surface area contributed by atoms with E-state index in [0.29, 0.717) is 11.8 Å². The highest BCUT2D eigenvalue weighted by Gasteiger charge is 2.53. The fraction of sp³-hybridized carbons (Fsp3) is 0.750. The molecule has 0 unspecified atom stereocenters. The zero-order valence-corrected chi connectivity index (χ0v) is 9.62. The molecule has 0 aromatic carbocycles. The van der Waals surface area contributed by atoms with Crippen LogP contribution in [0.2, 0.25) is 0 Å². The molecule has 2 fully saturated rings. The van der Waals surface area contributed by atoms with E-state index in [1.54, 1.807) is 0 Å². The van der Waals surface area contributed by atoms with Gasteiger partial charge in [-0.05, 0) is 38.5 Å². The molecule has 3 nitrogen and oxygen atoms in total. The predicted molar refractivity (Wildman–Crippen MR) is 58.1 cm³/mol. The van der Waals surface area contributed by atoms with E-state index in [9.17, 15) is 4.79 Å². The number of hydrogen-bond acceptors (Lipinski definition) is 3. The molecule has 2 saturated carbocycles. The van der Waals surface area contributed by atoms with Crippen LogP contribution in [0.15, 0.2) is 11.1 Å². The highest BCUT2D eigenvalue weighted by molar-refractivity contribution is 5.75. The zero-order valence-electron chi connectivity index (χ0n) is 9.62. The molecule has 0 aliphatic heterocycles. The molecule has 0 radical (unpaired) electrons. The van der Waals surface area contributed by atoms with Crippen molar-refractivity contribution in [2.24, 2.45) is 23.5 Å². The van der Waals surface area contributed by atoms with E-state index in [2.05, 4.69) is 13.8 Å². The molecule has 3 heteroatoms. The summed E-state index contributed by atoms with van der Waals surface area (Å²) in [5.41, 5.74) is 8.90. The molecule has 0 spiro atoms. The third-order valence-electron chi connectivity index (χ3n) is 3.95. The first-order valence-electron chi connectivity index (χ1n) is 5.58. The second-order valence-electron chi connectivity index (χ2n) is 4.87. The monoisotopic (exact) mass is 209 g/mol. The lowest BCUT2D eigenvalue weighted by atomic mass is 9.85. The van der Waals surface area contributed by atoms with Gasteiger partial charge in [0, 0.05) is 6.04 Å². The van der Waals surface area contributed by atoms with Crippen LogP contribution in [0.25, 0.3) is 0 Å². The maximum atomic E-state index is 11.7. The summed E-state index contributed by atoms with van der Waals surface area (Å²) in [6, 6.07) is -0.0268. The summed E-state index contributed by atoms with van der Waals surface area (Å²) in [4.78, 5) is 11.7. The molecule has 84 valence electrons. The topological polar surface area (TPSA) is 52.3 Å². The van der Waals surface area contributed by atoms with E-state index >= 15 is 0 Å². The molecule has 2 N–H and O–H groups in total. The number of rotatable bonds is 1. The largest absolute Gasteiger partial charge is 0.469 e. The van der Waals surface area contributed by atoms with Gasteiger partial charge in [0.05, 0.1) is 13.0 Å². The summed E-state index contributed by atoms with van der Waals surface area (Å²) in [6.07, 6.45) is 2.23. The molecule has 2 aliphatic carbocycles. The Morgan fingerprint density at radius 1 is 1.33 bits per heavy atom. The second kappa shape index (κ2) is 3.63. The Morgan fingerprint density at radius 3 is 2.40 bits per heavy atom. The maximum Gasteiger partial charge on any atom is 0.310 e. The zero-order chi connectivity index (χ0) is 11.2. The van der Waals surface area contributed by atoms with E-state index in [1.807, 2.05) is 0 Å². The van der Waals surface area contributed by atoms with Crippen molar-refractivity contribution < 1.29 is 9.53 Å². The highest BCUT2D eigenvalue weighted by atomic mass is 16.5. The van der Waals surface area contributed by atoms with Crippen LogP contribution in [0, 0.1) is 17.8 Å². The lowest BCUT2D eigenvalue weighted by Gasteiger charge is -2.24. The van der Waals surface area contributed by atoms with Gasteiger partial charge in [-0.15, -0.1) is 0 Å². The van der Waals surface area contributed by atoms with Crippen molar-refractivity contribution in [3.8, 4) is 0 Å². The highest BCUT2D eigenvalue weighted by Crippen LogP contribution is 2.53. The fourth-order valence-electron chi connectivity index (χ4n) is 3.44. The number of allylic oxidation sites excluding steroid dienone is 1. The van der Waals surface area contributed by atoms with Crippen molar-refractivity contribution >= 4 is 5.97 Å². The smallest absolute Gasteiger partial charge is 0.310 e. The van der Waals surface area contributed by atoms with E-state index in [1.165, 1.54) is 18.3 Å². The average Bonchev–Trinajstić information content (AvgIpc) is 2.72. The summed E-state index contributed by atoms with van der Waals surface area (Å²) >= 11 is 0. The summed E-state index contributed by atoms with van der Waals surface area (Å²) in [7, 11) is 1.45. The number of nitrogens with two attached hydrogens (primary N) is 1. The molecular weight excluding hydrogens is 190 g/mol. The molecule has 2 aliphatic rings. The lowest BCUT2D eigenvalue weighted by Crippen LogP contribution is -2.40. The normalized spacial score (nSPS) is 38.3. The van der Waals surface area contributed by atoms with E-state index < -0.39 is 0 Å². The van der Waals surface area contributed by atoms with Crippen molar-refractivity contribution in [2.45, 2.75) is 32.7 Å². The number of fused-ring (bicyclic) bond motifs is 2. The van der Waals surface area contributed by atoms with Crippen LogP contribution in [0.5, 0.6) is 0 Å². The Bertz CT molecular complexity index is 318. The van der Waals surface area contributed by atoms with Crippen molar-refractivity contribution in [3.63, 3.8) is 0 Å². The standard InChI is InChI=1S/C12H19NO2/c1-6(2)9-7-4-5-8(9)11(13)10(7)12(14)15-3/h7-8,10-11H,4-5,13H2,1-3H3/t7-,8+,10+,11+/m0/s1. The minimum absolute atomic E-state index is 0.0268. The van der Waals surface area contributed by atoms with Crippen molar-refractivity contribution in [3.05, 3.63) is 11.1 Å². The molecular formula is C12H19NO2. The minimum atomic E-state index is -0.131. The van der Waals surface area contributed by atoms with Crippen molar-refractivity contribution in [2.75, 3.05) is 7.11 Å². The molecule has 2 rings (SSSR count). The number of ether oxygens (including phenoxy) is 1. The van der Waals surface area contributed by atoms with Crippen molar-refractivity contribution in [1.29, 1.82) is 0 Å². The summed E-state index contributed by atoms with van der Waals surface area (Å²) in [6.45, 7) is 4.24. The molecule has 15 heavy (non-hydrogen) atoms. The third-order valence-corrected chi connectivity index (χ3v) is 3.95. The fourth-order valence-corrected chi connectivity index (χ4v) is 3.44. The van der Waals surface area contributed by atoms with Gasteiger partial charge in [-0.25, -0.2) is 0 Å².